The fourth-order valence-electron chi connectivity index (χ4n) is 3.11. The van der Waals surface area contributed by atoms with Gasteiger partial charge in [0.25, 0.3) is 0 Å². The van der Waals surface area contributed by atoms with Crippen molar-refractivity contribution in [2.45, 2.75) is 25.4 Å². The SMILES string of the molecule is COc1cc(N(C)C2CCCN(Cc3cncc(Br)c3)C2)ncn1. The molecule has 0 bridgehead atoms. The lowest BCUT2D eigenvalue weighted by Gasteiger charge is -2.38. The molecule has 6 nitrogen and oxygen atoms in total. The smallest absolute Gasteiger partial charge is 0.218 e. The molecule has 3 heterocycles. The van der Waals surface area contributed by atoms with Gasteiger partial charge in [-0.2, -0.15) is 0 Å². The number of halogens is 1. The number of pyridine rings is 1. The minimum absolute atomic E-state index is 0.429. The summed E-state index contributed by atoms with van der Waals surface area (Å²) in [6.45, 7) is 3.04. The van der Waals surface area contributed by atoms with E-state index in [0.29, 0.717) is 11.9 Å². The molecule has 7 heteroatoms. The number of hydrogen-bond donors (Lipinski definition) is 0. The van der Waals surface area contributed by atoms with Crippen LogP contribution < -0.4 is 9.64 Å². The van der Waals surface area contributed by atoms with Crippen molar-refractivity contribution in [1.82, 2.24) is 19.9 Å². The highest BCUT2D eigenvalue weighted by Gasteiger charge is 2.24. The zero-order chi connectivity index (χ0) is 16.9. The van der Waals surface area contributed by atoms with Gasteiger partial charge in [-0.05, 0) is 46.9 Å². The summed E-state index contributed by atoms with van der Waals surface area (Å²) in [6.07, 6.45) is 7.65. The summed E-state index contributed by atoms with van der Waals surface area (Å²) in [5.74, 6) is 1.50. The van der Waals surface area contributed by atoms with E-state index in [4.69, 9.17) is 4.74 Å². The third-order valence-corrected chi connectivity index (χ3v) is 4.83. The number of likely N-dealkylation sites (N-methyl/N-ethyl adjacent to an activating group) is 1. The molecule has 1 saturated heterocycles. The maximum atomic E-state index is 5.20. The van der Waals surface area contributed by atoms with Gasteiger partial charge in [-0.1, -0.05) is 0 Å². The molecule has 128 valence electrons. The average Bonchev–Trinajstić information content (AvgIpc) is 2.61. The largest absolute Gasteiger partial charge is 0.481 e. The van der Waals surface area contributed by atoms with Crippen molar-refractivity contribution in [3.8, 4) is 5.88 Å². The Morgan fingerprint density at radius 1 is 1.33 bits per heavy atom. The summed E-state index contributed by atoms with van der Waals surface area (Å²) in [7, 11) is 3.72. The molecule has 3 rings (SSSR count). The molecule has 1 atom stereocenters. The highest BCUT2D eigenvalue weighted by molar-refractivity contribution is 9.10. The van der Waals surface area contributed by atoms with E-state index in [2.05, 4.69) is 53.8 Å². The normalized spacial score (nSPS) is 18.4. The molecule has 1 aliphatic heterocycles. The number of likely N-dealkylation sites (tertiary alicyclic amines) is 1. The number of rotatable bonds is 5. The number of nitrogens with zero attached hydrogens (tertiary/aromatic N) is 5. The lowest BCUT2D eigenvalue weighted by atomic mass is 10.0. The van der Waals surface area contributed by atoms with Crippen molar-refractivity contribution in [2.24, 2.45) is 0 Å². The monoisotopic (exact) mass is 391 g/mol. The molecule has 2 aromatic rings. The molecule has 0 spiro atoms. The van der Waals surface area contributed by atoms with E-state index in [1.807, 2.05) is 18.5 Å². The zero-order valence-corrected chi connectivity index (χ0v) is 15.6. The van der Waals surface area contributed by atoms with Crippen molar-refractivity contribution in [3.05, 3.63) is 40.9 Å². The average molecular weight is 392 g/mol. The Bertz CT molecular complexity index is 684. The van der Waals surface area contributed by atoms with Gasteiger partial charge in [-0.15, -0.1) is 0 Å². The maximum Gasteiger partial charge on any atom is 0.218 e. The fraction of sp³-hybridized carbons (Fsp3) is 0.471. The molecule has 0 radical (unpaired) electrons. The van der Waals surface area contributed by atoms with Crippen LogP contribution >= 0.6 is 15.9 Å². The second-order valence-electron chi connectivity index (χ2n) is 6.07. The predicted octanol–water partition coefficient (Wildman–Crippen LogP) is 2.74. The van der Waals surface area contributed by atoms with E-state index in [9.17, 15) is 0 Å². The minimum Gasteiger partial charge on any atom is -0.481 e. The molecule has 1 fully saturated rings. The van der Waals surface area contributed by atoms with E-state index in [0.717, 1.165) is 36.3 Å². The van der Waals surface area contributed by atoms with E-state index >= 15 is 0 Å². The van der Waals surface area contributed by atoms with Crippen LogP contribution in [0.5, 0.6) is 5.88 Å². The van der Waals surface area contributed by atoms with Crippen LogP contribution in [0.25, 0.3) is 0 Å². The molecular weight excluding hydrogens is 370 g/mol. The summed E-state index contributed by atoms with van der Waals surface area (Å²) in [4.78, 5) is 17.4. The number of piperidine rings is 1. The highest BCUT2D eigenvalue weighted by atomic mass is 79.9. The third-order valence-electron chi connectivity index (χ3n) is 4.39. The Labute approximate surface area is 151 Å². The van der Waals surface area contributed by atoms with Crippen LogP contribution in [0.1, 0.15) is 18.4 Å². The lowest BCUT2D eigenvalue weighted by Crippen LogP contribution is -2.46. The molecule has 0 saturated carbocycles. The van der Waals surface area contributed by atoms with Gasteiger partial charge >= 0.3 is 0 Å². The Morgan fingerprint density at radius 2 is 2.21 bits per heavy atom. The van der Waals surface area contributed by atoms with Crippen LogP contribution in [0.4, 0.5) is 5.82 Å². The first-order chi connectivity index (χ1) is 11.7. The van der Waals surface area contributed by atoms with Gasteiger partial charge in [-0.3, -0.25) is 9.88 Å². The molecule has 0 aromatic carbocycles. The topological polar surface area (TPSA) is 54.4 Å². The summed E-state index contributed by atoms with van der Waals surface area (Å²) >= 11 is 3.49. The quantitative estimate of drug-likeness (QED) is 0.780. The summed E-state index contributed by atoms with van der Waals surface area (Å²) in [5, 5.41) is 0. The first kappa shape index (κ1) is 17.1. The molecule has 0 amide bonds. The lowest BCUT2D eigenvalue weighted by molar-refractivity contribution is 0.198. The van der Waals surface area contributed by atoms with Crippen LogP contribution in [0, 0.1) is 0 Å². The van der Waals surface area contributed by atoms with Crippen molar-refractivity contribution < 1.29 is 4.74 Å². The van der Waals surface area contributed by atoms with Crippen LogP contribution in [-0.4, -0.2) is 53.1 Å². The van der Waals surface area contributed by atoms with Crippen molar-refractivity contribution in [1.29, 1.82) is 0 Å². The van der Waals surface area contributed by atoms with Gasteiger partial charge in [0, 0.05) is 49.1 Å². The molecule has 2 aromatic heterocycles. The Kier molecular flexibility index (Phi) is 5.63. The van der Waals surface area contributed by atoms with E-state index in [1.54, 1.807) is 13.4 Å². The van der Waals surface area contributed by atoms with E-state index in [1.165, 1.54) is 12.0 Å². The number of methoxy groups -OCH3 is 1. The second-order valence-corrected chi connectivity index (χ2v) is 6.99. The van der Waals surface area contributed by atoms with Crippen LogP contribution in [-0.2, 0) is 6.54 Å². The molecule has 0 aliphatic carbocycles. The fourth-order valence-corrected chi connectivity index (χ4v) is 3.53. The van der Waals surface area contributed by atoms with Crippen molar-refractivity contribution in [2.75, 3.05) is 32.1 Å². The first-order valence-corrected chi connectivity index (χ1v) is 8.85. The first-order valence-electron chi connectivity index (χ1n) is 8.06. The minimum atomic E-state index is 0.429. The van der Waals surface area contributed by atoms with Crippen molar-refractivity contribution >= 4 is 21.7 Å². The van der Waals surface area contributed by atoms with Gasteiger partial charge in [0.1, 0.15) is 12.1 Å². The molecule has 1 aliphatic rings. The highest BCUT2D eigenvalue weighted by Crippen LogP contribution is 2.23. The van der Waals surface area contributed by atoms with Gasteiger partial charge < -0.3 is 9.64 Å². The number of aromatic nitrogens is 3. The number of hydrogen-bond acceptors (Lipinski definition) is 6. The second kappa shape index (κ2) is 7.90. The Balaban J connectivity index is 1.66. The van der Waals surface area contributed by atoms with Crippen LogP contribution in [0.3, 0.4) is 0 Å². The van der Waals surface area contributed by atoms with Gasteiger partial charge in [0.2, 0.25) is 5.88 Å². The number of anilines is 1. The van der Waals surface area contributed by atoms with Gasteiger partial charge in [-0.25, -0.2) is 9.97 Å². The van der Waals surface area contributed by atoms with Gasteiger partial charge in [0.15, 0.2) is 0 Å². The molecule has 0 N–H and O–H groups in total. The summed E-state index contributed by atoms with van der Waals surface area (Å²) < 4.78 is 6.23. The Morgan fingerprint density at radius 3 is 3.00 bits per heavy atom. The Hall–Kier alpha value is -1.73. The van der Waals surface area contributed by atoms with Crippen molar-refractivity contribution in [3.63, 3.8) is 0 Å². The molecule has 24 heavy (non-hydrogen) atoms. The molecule has 1 unspecified atom stereocenters. The summed E-state index contributed by atoms with van der Waals surface area (Å²) in [5.41, 5.74) is 1.23. The molecular formula is C17H22BrN5O. The standard InChI is InChI=1S/C17H22BrN5O/c1-22(16-7-17(24-2)21-12-20-16)15-4-3-5-23(11-15)10-13-6-14(18)9-19-8-13/h6-9,12,15H,3-5,10-11H2,1-2H3. The third kappa shape index (κ3) is 4.21. The van der Waals surface area contributed by atoms with E-state index in [-0.39, 0.29) is 0 Å². The van der Waals surface area contributed by atoms with Gasteiger partial charge in [0.05, 0.1) is 7.11 Å². The van der Waals surface area contributed by atoms with Crippen LogP contribution in [0.15, 0.2) is 35.3 Å². The van der Waals surface area contributed by atoms with Crippen LogP contribution in [0.2, 0.25) is 0 Å². The summed E-state index contributed by atoms with van der Waals surface area (Å²) in [6, 6.07) is 4.45. The zero-order valence-electron chi connectivity index (χ0n) is 14.0. The maximum absolute atomic E-state index is 5.20. The number of ether oxygens (including phenoxy) is 1. The van der Waals surface area contributed by atoms with E-state index < -0.39 is 0 Å². The predicted molar refractivity (Wildman–Crippen MR) is 97.2 cm³/mol.